The van der Waals surface area contributed by atoms with Crippen LogP contribution in [-0.4, -0.2) is 40.8 Å². The van der Waals surface area contributed by atoms with Crippen LogP contribution >= 0.6 is 22.9 Å². The number of rotatable bonds is 6. The molecule has 1 aromatic heterocycles. The van der Waals surface area contributed by atoms with Crippen LogP contribution in [0.2, 0.25) is 5.02 Å². The molecule has 2 aromatic carbocycles. The van der Waals surface area contributed by atoms with E-state index in [-0.39, 0.29) is 23.8 Å². The number of nitrogens with zero attached hydrogens (tertiary/aromatic N) is 2. The summed E-state index contributed by atoms with van der Waals surface area (Å²) in [6.07, 6.45) is 4.55. The number of thiazole rings is 1. The predicted octanol–water partition coefficient (Wildman–Crippen LogP) is 5.25. The maximum Gasteiger partial charge on any atom is 0.257 e. The number of nitrogens with one attached hydrogen (secondary N) is 2. The molecule has 2 aliphatic rings. The zero-order chi connectivity index (χ0) is 24.2. The molecule has 0 spiro atoms. The van der Waals surface area contributed by atoms with Gasteiger partial charge in [0.05, 0.1) is 11.6 Å². The van der Waals surface area contributed by atoms with Gasteiger partial charge >= 0.3 is 0 Å². The van der Waals surface area contributed by atoms with Crippen molar-refractivity contribution in [3.63, 3.8) is 0 Å². The van der Waals surface area contributed by atoms with E-state index in [0.717, 1.165) is 62.3 Å². The number of anilines is 1. The Morgan fingerprint density at radius 2 is 1.77 bits per heavy atom. The Balaban J connectivity index is 1.17. The first kappa shape index (κ1) is 24.0. The van der Waals surface area contributed by atoms with Crippen LogP contribution in [0.5, 0.6) is 0 Å². The van der Waals surface area contributed by atoms with Crippen molar-refractivity contribution in [2.75, 3.05) is 18.4 Å². The Morgan fingerprint density at radius 3 is 2.51 bits per heavy atom. The molecule has 1 saturated heterocycles. The lowest BCUT2D eigenvalue weighted by Crippen LogP contribution is -2.46. The van der Waals surface area contributed by atoms with Crippen molar-refractivity contribution >= 4 is 39.9 Å². The first-order chi connectivity index (χ1) is 17.0. The third-order valence-corrected chi connectivity index (χ3v) is 8.08. The van der Waals surface area contributed by atoms with Crippen molar-refractivity contribution in [3.05, 3.63) is 81.3 Å². The molecule has 1 atom stereocenters. The van der Waals surface area contributed by atoms with Gasteiger partial charge < -0.3 is 5.32 Å². The smallest absolute Gasteiger partial charge is 0.257 e. The Hall–Kier alpha value is -2.74. The largest absolute Gasteiger partial charge is 0.353 e. The van der Waals surface area contributed by atoms with E-state index in [1.54, 1.807) is 24.3 Å². The summed E-state index contributed by atoms with van der Waals surface area (Å²) >= 11 is 7.39. The fraction of sp³-hybridized carbons (Fsp3) is 0.370. The number of carbonyl (C=O) groups is 2. The molecule has 2 heterocycles. The highest BCUT2D eigenvalue weighted by Gasteiger charge is 2.32. The van der Waals surface area contributed by atoms with Crippen LogP contribution in [0.3, 0.4) is 0 Å². The molecule has 1 aliphatic heterocycles. The number of aryl methyl sites for hydroxylation is 1. The van der Waals surface area contributed by atoms with Crippen molar-refractivity contribution in [3.8, 4) is 0 Å². The zero-order valence-electron chi connectivity index (χ0n) is 19.5. The summed E-state index contributed by atoms with van der Waals surface area (Å²) in [5.74, 6) is -0.414. The number of hydrogen-bond donors (Lipinski definition) is 2. The number of likely N-dealkylation sites (tertiary alicyclic amines) is 1. The minimum Gasteiger partial charge on any atom is -0.353 e. The predicted molar refractivity (Wildman–Crippen MR) is 140 cm³/mol. The number of halogens is 1. The van der Waals surface area contributed by atoms with Crippen LogP contribution in [0.4, 0.5) is 5.13 Å². The van der Waals surface area contributed by atoms with E-state index in [1.807, 2.05) is 6.07 Å². The van der Waals surface area contributed by atoms with E-state index < -0.39 is 0 Å². The summed E-state index contributed by atoms with van der Waals surface area (Å²) in [7, 11) is 0. The highest BCUT2D eigenvalue weighted by atomic mass is 35.5. The van der Waals surface area contributed by atoms with Crippen molar-refractivity contribution in [2.45, 2.75) is 50.6 Å². The van der Waals surface area contributed by atoms with Gasteiger partial charge in [-0.25, -0.2) is 4.98 Å². The highest BCUT2D eigenvalue weighted by Crippen LogP contribution is 2.37. The molecule has 1 unspecified atom stereocenters. The molecule has 1 aliphatic carbocycles. The first-order valence-electron chi connectivity index (χ1n) is 12.2. The van der Waals surface area contributed by atoms with Crippen molar-refractivity contribution in [1.82, 2.24) is 15.2 Å². The molecule has 0 saturated carbocycles. The molecule has 0 radical (unpaired) electrons. The number of fused-ring (bicyclic) bond motifs is 1. The summed E-state index contributed by atoms with van der Waals surface area (Å²) in [6, 6.07) is 17.5. The van der Waals surface area contributed by atoms with Crippen molar-refractivity contribution in [1.29, 1.82) is 0 Å². The Morgan fingerprint density at radius 1 is 1.03 bits per heavy atom. The van der Waals surface area contributed by atoms with Gasteiger partial charge in [0.1, 0.15) is 0 Å². The summed E-state index contributed by atoms with van der Waals surface area (Å²) in [4.78, 5) is 34.0. The second-order valence-electron chi connectivity index (χ2n) is 9.28. The molecule has 1 fully saturated rings. The van der Waals surface area contributed by atoms with Gasteiger partial charge in [-0.2, -0.15) is 0 Å². The van der Waals surface area contributed by atoms with Crippen molar-refractivity contribution in [2.24, 2.45) is 0 Å². The number of hydrogen-bond acceptors (Lipinski definition) is 5. The fourth-order valence-corrected chi connectivity index (χ4v) is 6.06. The van der Waals surface area contributed by atoms with Crippen LogP contribution in [0, 0.1) is 0 Å². The lowest BCUT2D eigenvalue weighted by molar-refractivity contribution is -0.124. The Labute approximate surface area is 214 Å². The van der Waals surface area contributed by atoms with E-state index in [1.165, 1.54) is 16.9 Å². The SMILES string of the molecule is O=C(Nc1nc2c(s1)CCCC2C(=O)NC1CCN(Cc2ccccc2)CC1)c1ccc(Cl)cc1. The molecule has 5 rings (SSSR count). The molecule has 0 bridgehead atoms. The summed E-state index contributed by atoms with van der Waals surface area (Å²) in [6.45, 7) is 2.91. The van der Waals surface area contributed by atoms with Crippen LogP contribution < -0.4 is 10.6 Å². The lowest BCUT2D eigenvalue weighted by atomic mass is 9.89. The second kappa shape index (κ2) is 10.9. The van der Waals surface area contributed by atoms with Gasteiger partial charge in [0.15, 0.2) is 5.13 Å². The van der Waals surface area contributed by atoms with E-state index in [4.69, 9.17) is 11.6 Å². The summed E-state index contributed by atoms with van der Waals surface area (Å²) in [5.41, 5.74) is 2.68. The maximum atomic E-state index is 13.2. The molecule has 182 valence electrons. The highest BCUT2D eigenvalue weighted by molar-refractivity contribution is 7.16. The van der Waals surface area contributed by atoms with Crippen molar-refractivity contribution < 1.29 is 9.59 Å². The molecule has 35 heavy (non-hydrogen) atoms. The summed E-state index contributed by atoms with van der Waals surface area (Å²) < 4.78 is 0. The van der Waals surface area contributed by atoms with E-state index in [0.29, 0.717) is 15.7 Å². The first-order valence-corrected chi connectivity index (χ1v) is 13.4. The van der Waals surface area contributed by atoms with Crippen LogP contribution in [-0.2, 0) is 17.8 Å². The minimum atomic E-state index is -0.251. The van der Waals surface area contributed by atoms with Gasteiger partial charge in [-0.3, -0.25) is 19.8 Å². The average molecular weight is 509 g/mol. The zero-order valence-corrected chi connectivity index (χ0v) is 21.1. The third-order valence-electron chi connectivity index (χ3n) is 6.78. The monoisotopic (exact) mass is 508 g/mol. The van der Waals surface area contributed by atoms with Gasteiger partial charge in [-0.1, -0.05) is 41.9 Å². The molecule has 2 amide bonds. The van der Waals surface area contributed by atoms with Crippen LogP contribution in [0.25, 0.3) is 0 Å². The van der Waals surface area contributed by atoms with E-state index >= 15 is 0 Å². The third kappa shape index (κ3) is 5.92. The number of benzene rings is 2. The quantitative estimate of drug-likeness (QED) is 0.477. The van der Waals surface area contributed by atoms with E-state index in [9.17, 15) is 9.59 Å². The Bertz CT molecular complexity index is 1170. The lowest BCUT2D eigenvalue weighted by Gasteiger charge is -2.33. The molecular formula is C27H29ClN4O2S. The van der Waals surface area contributed by atoms with E-state index in [2.05, 4.69) is 44.8 Å². The number of amides is 2. The molecule has 8 heteroatoms. The van der Waals surface area contributed by atoms with Crippen LogP contribution in [0.15, 0.2) is 54.6 Å². The maximum absolute atomic E-state index is 13.2. The van der Waals surface area contributed by atoms with Gasteiger partial charge in [-0.05, 0) is 61.9 Å². The number of carbonyl (C=O) groups excluding carboxylic acids is 2. The number of piperidine rings is 1. The topological polar surface area (TPSA) is 74.3 Å². The molecular weight excluding hydrogens is 480 g/mol. The second-order valence-corrected chi connectivity index (χ2v) is 10.8. The Kier molecular flexibility index (Phi) is 7.46. The standard InChI is InChI=1S/C27H29ClN4O2S/c28-20-11-9-19(10-12-20)25(33)31-27-30-24-22(7-4-8-23(24)35-27)26(34)29-21-13-15-32(16-14-21)17-18-5-2-1-3-6-18/h1-3,5-6,9-12,21-22H,4,7-8,13-17H2,(H,29,34)(H,30,31,33). The van der Waals surface area contributed by atoms with Gasteiger partial charge in [0, 0.05) is 41.1 Å². The summed E-state index contributed by atoms with van der Waals surface area (Å²) in [5, 5.41) is 7.31. The average Bonchev–Trinajstić information content (AvgIpc) is 3.28. The normalized spacial score (nSPS) is 18.6. The fourth-order valence-electron chi connectivity index (χ4n) is 4.88. The molecule has 3 aromatic rings. The minimum absolute atomic E-state index is 0.0633. The van der Waals surface area contributed by atoms with Gasteiger partial charge in [0.25, 0.3) is 5.91 Å². The molecule has 2 N–H and O–H groups in total. The van der Waals surface area contributed by atoms with Gasteiger partial charge in [-0.15, -0.1) is 11.3 Å². The van der Waals surface area contributed by atoms with Crippen LogP contribution in [0.1, 0.15) is 58.1 Å². The van der Waals surface area contributed by atoms with Gasteiger partial charge in [0.2, 0.25) is 5.91 Å². The number of aromatic nitrogens is 1. The molecule has 6 nitrogen and oxygen atoms in total.